The molecule has 4 rings (SSSR count). The Morgan fingerprint density at radius 3 is 2.65 bits per heavy atom. The minimum atomic E-state index is 0.491. The van der Waals surface area contributed by atoms with Gasteiger partial charge in [0, 0.05) is 5.56 Å². The fraction of sp³-hybridized carbons (Fsp3) is 0.143. The second-order valence-corrected chi connectivity index (χ2v) is 6.83. The molecule has 2 aromatic carbocycles. The van der Waals surface area contributed by atoms with Gasteiger partial charge in [-0.2, -0.15) is 4.98 Å². The quantitative estimate of drug-likeness (QED) is 0.447. The Balaban J connectivity index is 1.48. The number of thiophene rings is 1. The van der Waals surface area contributed by atoms with Gasteiger partial charge >= 0.3 is 0 Å². The highest BCUT2D eigenvalue weighted by molar-refractivity contribution is 7.13. The van der Waals surface area contributed by atoms with E-state index in [2.05, 4.69) is 29.2 Å². The standard InChI is InChI=1S/C21H18N2O2S/c1-2-15-8-10-18(11-9-15)24-14-16-5-3-6-17(13-16)21-22-20(23-25-21)19-7-4-12-26-19/h3-13H,2,14H2,1H3. The lowest BCUT2D eigenvalue weighted by Crippen LogP contribution is -1.96. The number of rotatable bonds is 6. The second kappa shape index (κ2) is 7.54. The zero-order valence-corrected chi connectivity index (χ0v) is 15.2. The molecule has 0 aliphatic rings. The Morgan fingerprint density at radius 2 is 1.88 bits per heavy atom. The highest BCUT2D eigenvalue weighted by Gasteiger charge is 2.11. The van der Waals surface area contributed by atoms with Crippen molar-refractivity contribution < 1.29 is 9.26 Å². The number of hydrogen-bond acceptors (Lipinski definition) is 5. The number of nitrogens with zero attached hydrogens (tertiary/aromatic N) is 2. The first kappa shape index (κ1) is 16.5. The zero-order valence-electron chi connectivity index (χ0n) is 14.4. The average Bonchev–Trinajstić information content (AvgIpc) is 3.38. The van der Waals surface area contributed by atoms with Crippen LogP contribution in [0.3, 0.4) is 0 Å². The number of aryl methyl sites for hydroxylation is 1. The van der Waals surface area contributed by atoms with Crippen LogP contribution in [-0.4, -0.2) is 10.1 Å². The van der Waals surface area contributed by atoms with Crippen LogP contribution in [0.15, 0.2) is 70.6 Å². The third kappa shape index (κ3) is 3.68. The highest BCUT2D eigenvalue weighted by Crippen LogP contribution is 2.26. The van der Waals surface area contributed by atoms with E-state index in [1.54, 1.807) is 11.3 Å². The Kier molecular flexibility index (Phi) is 4.80. The molecule has 4 nitrogen and oxygen atoms in total. The van der Waals surface area contributed by atoms with E-state index < -0.39 is 0 Å². The molecule has 0 radical (unpaired) electrons. The summed E-state index contributed by atoms with van der Waals surface area (Å²) in [5.74, 6) is 2.00. The van der Waals surface area contributed by atoms with Gasteiger partial charge in [-0.15, -0.1) is 11.3 Å². The first-order valence-electron chi connectivity index (χ1n) is 8.50. The summed E-state index contributed by atoms with van der Waals surface area (Å²) >= 11 is 1.59. The molecular weight excluding hydrogens is 344 g/mol. The monoisotopic (exact) mass is 362 g/mol. The summed E-state index contributed by atoms with van der Waals surface area (Å²) in [5, 5.41) is 6.06. The van der Waals surface area contributed by atoms with Crippen LogP contribution < -0.4 is 4.74 Å². The highest BCUT2D eigenvalue weighted by atomic mass is 32.1. The molecule has 130 valence electrons. The van der Waals surface area contributed by atoms with Gasteiger partial charge in [0.1, 0.15) is 12.4 Å². The van der Waals surface area contributed by atoms with Gasteiger partial charge < -0.3 is 9.26 Å². The summed E-state index contributed by atoms with van der Waals surface area (Å²) in [6.45, 7) is 2.63. The minimum absolute atomic E-state index is 0.491. The van der Waals surface area contributed by atoms with Crippen molar-refractivity contribution in [3.8, 4) is 27.9 Å². The van der Waals surface area contributed by atoms with Crippen LogP contribution in [-0.2, 0) is 13.0 Å². The summed E-state index contributed by atoms with van der Waals surface area (Å²) in [6.07, 6.45) is 1.03. The molecule has 2 heterocycles. The smallest absolute Gasteiger partial charge is 0.258 e. The molecule has 0 bridgehead atoms. The Bertz CT molecular complexity index is 975. The number of aromatic nitrogens is 2. The predicted octanol–water partition coefficient (Wildman–Crippen LogP) is 5.61. The molecule has 2 aromatic heterocycles. The molecule has 0 fully saturated rings. The van der Waals surface area contributed by atoms with E-state index in [9.17, 15) is 0 Å². The van der Waals surface area contributed by atoms with Crippen molar-refractivity contribution in [2.75, 3.05) is 0 Å². The van der Waals surface area contributed by atoms with Gasteiger partial charge in [0.15, 0.2) is 0 Å². The second-order valence-electron chi connectivity index (χ2n) is 5.89. The van der Waals surface area contributed by atoms with Crippen LogP contribution in [0, 0.1) is 0 Å². The normalized spacial score (nSPS) is 10.8. The predicted molar refractivity (Wildman–Crippen MR) is 103 cm³/mol. The molecule has 0 unspecified atom stereocenters. The van der Waals surface area contributed by atoms with Gasteiger partial charge in [-0.05, 0) is 53.3 Å². The van der Waals surface area contributed by atoms with Crippen molar-refractivity contribution in [2.24, 2.45) is 0 Å². The van der Waals surface area contributed by atoms with Crippen LogP contribution in [0.1, 0.15) is 18.1 Å². The van der Waals surface area contributed by atoms with Gasteiger partial charge in [0.2, 0.25) is 5.82 Å². The van der Waals surface area contributed by atoms with E-state index in [0.717, 1.165) is 28.2 Å². The molecule has 0 atom stereocenters. The van der Waals surface area contributed by atoms with E-state index >= 15 is 0 Å². The first-order chi connectivity index (χ1) is 12.8. The van der Waals surface area contributed by atoms with E-state index in [1.165, 1.54) is 5.56 Å². The van der Waals surface area contributed by atoms with Crippen LogP contribution in [0.25, 0.3) is 22.2 Å². The lowest BCUT2D eigenvalue weighted by atomic mass is 10.1. The van der Waals surface area contributed by atoms with E-state index in [-0.39, 0.29) is 0 Å². The SMILES string of the molecule is CCc1ccc(OCc2cccc(-c3nc(-c4cccs4)no3)c2)cc1. The van der Waals surface area contributed by atoms with E-state index in [1.807, 2.05) is 53.9 Å². The Morgan fingerprint density at radius 1 is 1.00 bits per heavy atom. The summed E-state index contributed by atoms with van der Waals surface area (Å²) in [5.41, 5.74) is 3.25. The van der Waals surface area contributed by atoms with Gasteiger partial charge in [-0.3, -0.25) is 0 Å². The Labute approximate surface area is 156 Å². The molecule has 5 heteroatoms. The van der Waals surface area contributed by atoms with Crippen molar-refractivity contribution in [3.63, 3.8) is 0 Å². The van der Waals surface area contributed by atoms with Crippen molar-refractivity contribution in [1.29, 1.82) is 0 Å². The maximum absolute atomic E-state index is 5.88. The summed E-state index contributed by atoms with van der Waals surface area (Å²) in [6, 6.07) is 20.1. The first-order valence-corrected chi connectivity index (χ1v) is 9.38. The molecule has 0 aliphatic heterocycles. The molecule has 0 spiro atoms. The molecule has 0 aliphatic carbocycles. The molecule has 0 saturated heterocycles. The van der Waals surface area contributed by atoms with Gasteiger partial charge in [0.25, 0.3) is 5.89 Å². The maximum Gasteiger partial charge on any atom is 0.258 e. The molecule has 0 saturated carbocycles. The zero-order chi connectivity index (χ0) is 17.8. The number of ether oxygens (including phenoxy) is 1. The molecule has 26 heavy (non-hydrogen) atoms. The molecular formula is C21H18N2O2S. The fourth-order valence-electron chi connectivity index (χ4n) is 2.63. The summed E-state index contributed by atoms with van der Waals surface area (Å²) in [7, 11) is 0. The van der Waals surface area contributed by atoms with Crippen molar-refractivity contribution in [1.82, 2.24) is 10.1 Å². The largest absolute Gasteiger partial charge is 0.489 e. The van der Waals surface area contributed by atoms with Crippen molar-refractivity contribution in [2.45, 2.75) is 20.0 Å². The van der Waals surface area contributed by atoms with Crippen LogP contribution in [0.5, 0.6) is 5.75 Å². The summed E-state index contributed by atoms with van der Waals surface area (Å²) < 4.78 is 11.3. The topological polar surface area (TPSA) is 48.2 Å². The number of hydrogen-bond donors (Lipinski definition) is 0. The van der Waals surface area contributed by atoms with Crippen LogP contribution in [0.2, 0.25) is 0 Å². The molecule has 0 amide bonds. The summed E-state index contributed by atoms with van der Waals surface area (Å²) in [4.78, 5) is 5.49. The maximum atomic E-state index is 5.88. The third-order valence-electron chi connectivity index (χ3n) is 4.08. The van der Waals surface area contributed by atoms with Gasteiger partial charge in [-0.25, -0.2) is 0 Å². The fourth-order valence-corrected chi connectivity index (χ4v) is 3.28. The molecule has 0 N–H and O–H groups in total. The average molecular weight is 362 g/mol. The van der Waals surface area contributed by atoms with Gasteiger partial charge in [-0.1, -0.05) is 42.4 Å². The van der Waals surface area contributed by atoms with Crippen LogP contribution in [0.4, 0.5) is 0 Å². The third-order valence-corrected chi connectivity index (χ3v) is 4.94. The number of benzene rings is 2. The molecule has 4 aromatic rings. The van der Waals surface area contributed by atoms with Gasteiger partial charge in [0.05, 0.1) is 4.88 Å². The van der Waals surface area contributed by atoms with Crippen molar-refractivity contribution in [3.05, 3.63) is 77.2 Å². The lowest BCUT2D eigenvalue weighted by Gasteiger charge is -2.07. The van der Waals surface area contributed by atoms with Crippen LogP contribution >= 0.6 is 11.3 Å². The minimum Gasteiger partial charge on any atom is -0.489 e. The van der Waals surface area contributed by atoms with E-state index in [4.69, 9.17) is 9.26 Å². The lowest BCUT2D eigenvalue weighted by molar-refractivity contribution is 0.306. The van der Waals surface area contributed by atoms with E-state index in [0.29, 0.717) is 18.3 Å². The van der Waals surface area contributed by atoms with Crippen molar-refractivity contribution >= 4 is 11.3 Å². The Hall–Kier alpha value is -2.92.